The van der Waals surface area contributed by atoms with E-state index in [0.717, 1.165) is 23.6 Å². The van der Waals surface area contributed by atoms with Gasteiger partial charge in [0.2, 0.25) is 0 Å². The second-order valence-corrected chi connectivity index (χ2v) is 8.61. The van der Waals surface area contributed by atoms with Crippen LogP contribution in [0, 0.1) is 17.2 Å². The van der Waals surface area contributed by atoms with Gasteiger partial charge in [0.15, 0.2) is 0 Å². The molecule has 0 saturated heterocycles. The van der Waals surface area contributed by atoms with Crippen molar-refractivity contribution in [3.63, 3.8) is 0 Å². The summed E-state index contributed by atoms with van der Waals surface area (Å²) in [7, 11) is -2.50. The monoisotopic (exact) mass is 356 g/mol. The molecule has 0 aromatic carbocycles. The van der Waals surface area contributed by atoms with Crippen molar-refractivity contribution in [1.82, 2.24) is 14.6 Å². The van der Waals surface area contributed by atoms with Crippen LogP contribution >= 0.6 is 11.3 Å². The predicted octanol–water partition coefficient (Wildman–Crippen LogP) is 1.20. The summed E-state index contributed by atoms with van der Waals surface area (Å²) in [6, 6.07) is 3.72. The number of fused-ring (bicyclic) bond motifs is 1. The minimum absolute atomic E-state index is 0.0624. The molecule has 0 saturated carbocycles. The van der Waals surface area contributed by atoms with Crippen LogP contribution < -0.4 is 10.3 Å². The number of carbonyl (C=O) groups is 1. The van der Waals surface area contributed by atoms with E-state index in [1.54, 1.807) is 0 Å². The summed E-state index contributed by atoms with van der Waals surface area (Å²) in [5.74, 6) is 0.148. The van der Waals surface area contributed by atoms with E-state index >= 15 is 0 Å². The van der Waals surface area contributed by atoms with Crippen LogP contribution in [0.1, 0.15) is 39.9 Å². The molecule has 2 N–H and O–H groups in total. The Bertz CT molecular complexity index is 721. The molecule has 1 aromatic rings. The van der Waals surface area contributed by atoms with Gasteiger partial charge in [0, 0.05) is 24.9 Å². The van der Waals surface area contributed by atoms with E-state index in [0.29, 0.717) is 10.8 Å². The summed E-state index contributed by atoms with van der Waals surface area (Å²) in [6.07, 6.45) is 3.13. The molecule has 0 fully saturated rings. The van der Waals surface area contributed by atoms with E-state index in [2.05, 4.69) is 17.2 Å². The van der Waals surface area contributed by atoms with Crippen LogP contribution in [0.4, 0.5) is 0 Å². The SMILES string of the molecule is CC1CCc2sc(C(=O)NNS(=O)(=O)N(C)CCC#N)cc2C1. The van der Waals surface area contributed by atoms with Crippen molar-refractivity contribution < 1.29 is 13.2 Å². The predicted molar refractivity (Wildman–Crippen MR) is 87.9 cm³/mol. The normalized spacial score (nSPS) is 17.6. The minimum Gasteiger partial charge on any atom is -0.272 e. The zero-order valence-electron chi connectivity index (χ0n) is 13.1. The third-order valence-electron chi connectivity index (χ3n) is 3.80. The smallest absolute Gasteiger partial charge is 0.272 e. The van der Waals surface area contributed by atoms with Crippen LogP contribution in [-0.2, 0) is 23.1 Å². The number of hydrazine groups is 1. The Balaban J connectivity index is 1.96. The Morgan fingerprint density at radius 3 is 3.00 bits per heavy atom. The van der Waals surface area contributed by atoms with Gasteiger partial charge in [-0.1, -0.05) is 6.92 Å². The minimum atomic E-state index is -3.84. The van der Waals surface area contributed by atoms with E-state index in [4.69, 9.17) is 5.26 Å². The first-order chi connectivity index (χ1) is 10.8. The highest BCUT2D eigenvalue weighted by molar-refractivity contribution is 7.87. The van der Waals surface area contributed by atoms with Crippen molar-refractivity contribution >= 4 is 27.5 Å². The molecular formula is C14H20N4O3S2. The zero-order chi connectivity index (χ0) is 17.0. The van der Waals surface area contributed by atoms with E-state index in [-0.39, 0.29) is 13.0 Å². The second kappa shape index (κ2) is 7.40. The number of aryl methyl sites for hydroxylation is 1. The summed E-state index contributed by atoms with van der Waals surface area (Å²) in [4.78, 5) is 15.9. The average Bonchev–Trinajstić information content (AvgIpc) is 2.93. The standard InChI is InChI=1S/C14H20N4O3S2/c1-10-4-5-12-11(8-10)9-13(22-12)14(19)16-17-23(20,21)18(2)7-3-6-15/h9-10,17H,3-5,7-8H2,1-2H3,(H,16,19). The Morgan fingerprint density at radius 2 is 2.30 bits per heavy atom. The molecule has 9 heteroatoms. The maximum atomic E-state index is 12.1. The van der Waals surface area contributed by atoms with Crippen LogP contribution in [0.25, 0.3) is 0 Å². The summed E-state index contributed by atoms with van der Waals surface area (Å²) in [5, 5.41) is 8.49. The van der Waals surface area contributed by atoms with Crippen molar-refractivity contribution in [2.75, 3.05) is 13.6 Å². The van der Waals surface area contributed by atoms with Crippen LogP contribution in [0.2, 0.25) is 0 Å². The van der Waals surface area contributed by atoms with Gasteiger partial charge in [0.1, 0.15) is 0 Å². The number of rotatable bonds is 6. The highest BCUT2D eigenvalue weighted by Crippen LogP contribution is 2.32. The van der Waals surface area contributed by atoms with E-state index in [1.165, 1.54) is 28.8 Å². The lowest BCUT2D eigenvalue weighted by Gasteiger charge is -2.16. The number of hydrogen-bond acceptors (Lipinski definition) is 5. The molecule has 1 unspecified atom stereocenters. The molecule has 1 aliphatic rings. The lowest BCUT2D eigenvalue weighted by Crippen LogP contribution is -2.48. The number of amides is 1. The molecule has 7 nitrogen and oxygen atoms in total. The van der Waals surface area contributed by atoms with Gasteiger partial charge in [0.05, 0.1) is 10.9 Å². The maximum absolute atomic E-state index is 12.1. The van der Waals surface area contributed by atoms with Crippen molar-refractivity contribution in [2.24, 2.45) is 5.92 Å². The van der Waals surface area contributed by atoms with Crippen molar-refractivity contribution in [3.8, 4) is 6.07 Å². The summed E-state index contributed by atoms with van der Waals surface area (Å²) >= 11 is 1.41. The Labute approximate surface area is 140 Å². The first-order valence-corrected chi connectivity index (χ1v) is 9.61. The van der Waals surface area contributed by atoms with Gasteiger partial charge in [-0.05, 0) is 36.8 Å². The van der Waals surface area contributed by atoms with Gasteiger partial charge in [-0.15, -0.1) is 16.2 Å². The number of thiophene rings is 1. The fraction of sp³-hybridized carbons (Fsp3) is 0.571. The molecule has 1 aromatic heterocycles. The van der Waals surface area contributed by atoms with Gasteiger partial charge in [0.25, 0.3) is 16.1 Å². The van der Waals surface area contributed by atoms with Crippen molar-refractivity contribution in [3.05, 3.63) is 21.4 Å². The summed E-state index contributed by atoms with van der Waals surface area (Å²) in [5.41, 5.74) is 3.41. The molecule has 0 radical (unpaired) electrons. The lowest BCUT2D eigenvalue weighted by molar-refractivity contribution is 0.0948. The number of nitrogens with one attached hydrogen (secondary N) is 2. The molecule has 1 atom stereocenters. The maximum Gasteiger partial charge on any atom is 0.296 e. The molecular weight excluding hydrogens is 336 g/mol. The summed E-state index contributed by atoms with van der Waals surface area (Å²) < 4.78 is 24.8. The van der Waals surface area contributed by atoms with Crippen LogP contribution in [0.15, 0.2) is 6.07 Å². The first kappa shape index (κ1) is 17.9. The summed E-state index contributed by atoms with van der Waals surface area (Å²) in [6.45, 7) is 2.25. The Hall–Kier alpha value is -1.47. The Kier molecular flexibility index (Phi) is 5.75. The highest BCUT2D eigenvalue weighted by Gasteiger charge is 2.22. The molecule has 0 spiro atoms. The molecule has 23 heavy (non-hydrogen) atoms. The average molecular weight is 356 g/mol. The third-order valence-corrected chi connectivity index (χ3v) is 6.39. The van der Waals surface area contributed by atoms with Gasteiger partial charge in [-0.3, -0.25) is 10.2 Å². The van der Waals surface area contributed by atoms with E-state index in [1.807, 2.05) is 12.1 Å². The highest BCUT2D eigenvalue weighted by atomic mass is 32.2. The molecule has 1 amide bonds. The van der Waals surface area contributed by atoms with Crippen LogP contribution in [0.5, 0.6) is 0 Å². The second-order valence-electron chi connectivity index (χ2n) is 5.70. The van der Waals surface area contributed by atoms with E-state index in [9.17, 15) is 13.2 Å². The van der Waals surface area contributed by atoms with Crippen LogP contribution in [0.3, 0.4) is 0 Å². The van der Waals surface area contributed by atoms with Gasteiger partial charge < -0.3 is 0 Å². The molecule has 2 rings (SSSR count). The van der Waals surface area contributed by atoms with Crippen molar-refractivity contribution in [1.29, 1.82) is 5.26 Å². The van der Waals surface area contributed by atoms with Crippen molar-refractivity contribution in [2.45, 2.75) is 32.6 Å². The molecule has 1 aliphatic carbocycles. The lowest BCUT2D eigenvalue weighted by atomic mass is 9.90. The van der Waals surface area contributed by atoms with Gasteiger partial charge in [-0.25, -0.2) is 0 Å². The Morgan fingerprint density at radius 1 is 1.57 bits per heavy atom. The zero-order valence-corrected chi connectivity index (χ0v) is 14.8. The van der Waals surface area contributed by atoms with Gasteiger partial charge in [-0.2, -0.15) is 18.0 Å². The fourth-order valence-electron chi connectivity index (χ4n) is 2.40. The molecule has 0 bridgehead atoms. The number of nitrogens with zero attached hydrogens (tertiary/aromatic N) is 2. The topological polar surface area (TPSA) is 102 Å². The quantitative estimate of drug-likeness (QED) is 0.748. The van der Waals surface area contributed by atoms with E-state index < -0.39 is 16.1 Å². The number of carbonyl (C=O) groups excluding carboxylic acids is 1. The first-order valence-electron chi connectivity index (χ1n) is 7.35. The number of hydrogen-bond donors (Lipinski definition) is 2. The molecule has 0 aliphatic heterocycles. The van der Waals surface area contributed by atoms with Crippen LogP contribution in [-0.4, -0.2) is 32.2 Å². The third kappa shape index (κ3) is 4.51. The molecule has 1 heterocycles. The fourth-order valence-corrected chi connectivity index (χ4v) is 4.21. The largest absolute Gasteiger partial charge is 0.296 e. The number of nitriles is 1. The molecule has 126 valence electrons. The van der Waals surface area contributed by atoms with Gasteiger partial charge >= 0.3 is 0 Å².